The quantitative estimate of drug-likeness (QED) is 0.883. The lowest BCUT2D eigenvalue weighted by Gasteiger charge is -2.03. The Bertz CT molecular complexity index is 534. The van der Waals surface area contributed by atoms with Gasteiger partial charge in [0.2, 0.25) is 5.76 Å². The van der Waals surface area contributed by atoms with E-state index in [-0.39, 0.29) is 11.7 Å². The van der Waals surface area contributed by atoms with E-state index in [0.717, 1.165) is 17.4 Å². The molecular formula is C13H13BrN2O2. The van der Waals surface area contributed by atoms with Crippen LogP contribution in [0.25, 0.3) is 0 Å². The first kappa shape index (κ1) is 12.8. The molecule has 4 nitrogen and oxygen atoms in total. The highest BCUT2D eigenvalue weighted by Gasteiger charge is 2.11. The summed E-state index contributed by atoms with van der Waals surface area (Å²) in [6.45, 7) is 1.77. The van der Waals surface area contributed by atoms with Crippen LogP contribution in [0.4, 0.5) is 5.69 Å². The molecule has 0 aliphatic heterocycles. The van der Waals surface area contributed by atoms with Gasteiger partial charge in [-0.05, 0) is 31.0 Å². The summed E-state index contributed by atoms with van der Waals surface area (Å²) < 4.78 is 4.89. The molecule has 0 aliphatic rings. The molecule has 2 rings (SSSR count). The van der Waals surface area contributed by atoms with E-state index in [4.69, 9.17) is 4.52 Å². The zero-order chi connectivity index (χ0) is 13.0. The van der Waals surface area contributed by atoms with Crippen molar-refractivity contribution in [1.82, 2.24) is 5.16 Å². The molecule has 0 aliphatic carbocycles. The summed E-state index contributed by atoms with van der Waals surface area (Å²) in [5.41, 5.74) is 2.65. The second kappa shape index (κ2) is 5.82. The minimum atomic E-state index is -0.288. The highest BCUT2D eigenvalue weighted by molar-refractivity contribution is 9.09. The number of amides is 1. The van der Waals surface area contributed by atoms with Crippen molar-refractivity contribution in [2.24, 2.45) is 0 Å². The fraction of sp³-hybridized carbons (Fsp3) is 0.231. The molecule has 18 heavy (non-hydrogen) atoms. The third-order valence-corrected chi connectivity index (χ3v) is 2.84. The van der Waals surface area contributed by atoms with Gasteiger partial charge in [-0.25, -0.2) is 0 Å². The molecule has 0 bridgehead atoms. The molecule has 0 spiro atoms. The van der Waals surface area contributed by atoms with Crippen LogP contribution < -0.4 is 5.32 Å². The Morgan fingerprint density at radius 2 is 2.11 bits per heavy atom. The van der Waals surface area contributed by atoms with Crippen molar-refractivity contribution in [2.45, 2.75) is 13.3 Å². The van der Waals surface area contributed by atoms with Gasteiger partial charge < -0.3 is 9.84 Å². The molecule has 5 heteroatoms. The lowest BCUT2D eigenvalue weighted by atomic mass is 10.1. The number of carbonyl (C=O) groups excluding carboxylic acids is 1. The van der Waals surface area contributed by atoms with Gasteiger partial charge in [0, 0.05) is 17.1 Å². The van der Waals surface area contributed by atoms with Gasteiger partial charge in [0.25, 0.3) is 5.91 Å². The molecule has 1 amide bonds. The van der Waals surface area contributed by atoms with E-state index in [1.54, 1.807) is 13.0 Å². The smallest absolute Gasteiger partial charge is 0.294 e. The lowest BCUT2D eigenvalue weighted by Crippen LogP contribution is -2.10. The Kier molecular flexibility index (Phi) is 4.15. The van der Waals surface area contributed by atoms with Crippen molar-refractivity contribution in [1.29, 1.82) is 0 Å². The molecule has 0 radical (unpaired) electrons. The summed E-state index contributed by atoms with van der Waals surface area (Å²) in [7, 11) is 0. The number of alkyl halides is 1. The Morgan fingerprint density at radius 1 is 1.39 bits per heavy atom. The maximum absolute atomic E-state index is 11.8. The number of aryl methyl sites for hydroxylation is 2. The Hall–Kier alpha value is -1.62. The maximum atomic E-state index is 11.8. The summed E-state index contributed by atoms with van der Waals surface area (Å²) in [5, 5.41) is 7.36. The van der Waals surface area contributed by atoms with Crippen molar-refractivity contribution in [3.05, 3.63) is 47.3 Å². The fourth-order valence-electron chi connectivity index (χ4n) is 1.53. The molecule has 0 saturated carbocycles. The normalized spacial score (nSPS) is 10.3. The lowest BCUT2D eigenvalue weighted by molar-refractivity contribution is 0.0988. The molecule has 0 saturated heterocycles. The number of hydrogen-bond donors (Lipinski definition) is 1. The monoisotopic (exact) mass is 308 g/mol. The molecule has 1 aromatic carbocycles. The first-order valence-electron chi connectivity index (χ1n) is 5.58. The van der Waals surface area contributed by atoms with Crippen molar-refractivity contribution >= 4 is 27.5 Å². The van der Waals surface area contributed by atoms with Crippen molar-refractivity contribution in [3.63, 3.8) is 0 Å². The van der Waals surface area contributed by atoms with E-state index in [1.807, 2.05) is 24.3 Å². The van der Waals surface area contributed by atoms with E-state index in [9.17, 15) is 4.79 Å². The number of nitrogens with zero attached hydrogens (tertiary/aromatic N) is 1. The summed E-state index contributed by atoms with van der Waals surface area (Å²) in [5.74, 6) is -0.0686. The van der Waals surface area contributed by atoms with Crippen molar-refractivity contribution in [2.75, 3.05) is 10.6 Å². The molecule has 1 aromatic heterocycles. The Labute approximate surface area is 113 Å². The first-order chi connectivity index (χ1) is 8.69. The van der Waals surface area contributed by atoms with Crippen LogP contribution in [0, 0.1) is 6.92 Å². The van der Waals surface area contributed by atoms with Crippen LogP contribution >= 0.6 is 15.9 Å². The zero-order valence-corrected chi connectivity index (χ0v) is 11.5. The van der Waals surface area contributed by atoms with Crippen molar-refractivity contribution < 1.29 is 9.32 Å². The second-order valence-corrected chi connectivity index (χ2v) is 4.72. The number of hydrogen-bond acceptors (Lipinski definition) is 3. The molecule has 1 heterocycles. The highest BCUT2D eigenvalue weighted by atomic mass is 79.9. The van der Waals surface area contributed by atoms with Crippen LogP contribution in [-0.4, -0.2) is 16.4 Å². The number of halogens is 1. The summed E-state index contributed by atoms with van der Waals surface area (Å²) in [6.07, 6.45) is 0.968. The van der Waals surface area contributed by atoms with Gasteiger partial charge in [0.1, 0.15) is 0 Å². The van der Waals surface area contributed by atoms with Gasteiger partial charge in [0.15, 0.2) is 0 Å². The second-order valence-electron chi connectivity index (χ2n) is 3.92. The highest BCUT2D eigenvalue weighted by Crippen LogP contribution is 2.12. The number of benzene rings is 1. The van der Waals surface area contributed by atoms with Crippen LogP contribution in [-0.2, 0) is 6.42 Å². The van der Waals surface area contributed by atoms with Crippen LogP contribution in [0.5, 0.6) is 0 Å². The van der Waals surface area contributed by atoms with E-state index >= 15 is 0 Å². The van der Waals surface area contributed by atoms with E-state index in [0.29, 0.717) is 5.69 Å². The number of aromatic nitrogens is 1. The third-order valence-electron chi connectivity index (χ3n) is 2.45. The Balaban J connectivity index is 2.03. The molecule has 0 fully saturated rings. The standard InChI is InChI=1S/C13H13BrN2O2/c1-9-8-12(18-16-9)13(17)15-11-4-2-10(3-5-11)6-7-14/h2-5,8H,6-7H2,1H3,(H,15,17). The number of rotatable bonds is 4. The fourth-order valence-corrected chi connectivity index (χ4v) is 1.98. The van der Waals surface area contributed by atoms with Crippen molar-refractivity contribution in [3.8, 4) is 0 Å². The van der Waals surface area contributed by atoms with Gasteiger partial charge in [-0.15, -0.1) is 0 Å². The predicted octanol–water partition coefficient (Wildman–Crippen LogP) is 3.17. The van der Waals surface area contributed by atoms with Crippen LogP contribution in [0.2, 0.25) is 0 Å². The molecule has 1 N–H and O–H groups in total. The van der Waals surface area contributed by atoms with Crippen LogP contribution in [0.3, 0.4) is 0 Å². The Morgan fingerprint density at radius 3 is 2.67 bits per heavy atom. The molecule has 94 valence electrons. The maximum Gasteiger partial charge on any atom is 0.294 e. The number of nitrogens with one attached hydrogen (secondary N) is 1. The van der Waals surface area contributed by atoms with Gasteiger partial charge >= 0.3 is 0 Å². The molecular weight excluding hydrogens is 296 g/mol. The van der Waals surface area contributed by atoms with Gasteiger partial charge in [-0.2, -0.15) is 0 Å². The average Bonchev–Trinajstić information content (AvgIpc) is 2.79. The first-order valence-corrected chi connectivity index (χ1v) is 6.71. The van der Waals surface area contributed by atoms with E-state index in [1.165, 1.54) is 5.56 Å². The number of anilines is 1. The largest absolute Gasteiger partial charge is 0.351 e. The summed E-state index contributed by atoms with van der Waals surface area (Å²) >= 11 is 3.39. The van der Waals surface area contributed by atoms with Crippen LogP contribution in [0.15, 0.2) is 34.9 Å². The zero-order valence-electron chi connectivity index (χ0n) is 9.94. The average molecular weight is 309 g/mol. The van der Waals surface area contributed by atoms with Gasteiger partial charge in [0.05, 0.1) is 5.69 Å². The van der Waals surface area contributed by atoms with E-state index < -0.39 is 0 Å². The van der Waals surface area contributed by atoms with Gasteiger partial charge in [-0.1, -0.05) is 33.2 Å². The number of carbonyl (C=O) groups is 1. The summed E-state index contributed by atoms with van der Waals surface area (Å²) in [4.78, 5) is 11.8. The SMILES string of the molecule is Cc1cc(C(=O)Nc2ccc(CCBr)cc2)on1. The molecule has 0 unspecified atom stereocenters. The minimum Gasteiger partial charge on any atom is -0.351 e. The van der Waals surface area contributed by atoms with Gasteiger partial charge in [-0.3, -0.25) is 4.79 Å². The van der Waals surface area contributed by atoms with Crippen LogP contribution in [0.1, 0.15) is 21.8 Å². The van der Waals surface area contributed by atoms with E-state index in [2.05, 4.69) is 26.4 Å². The summed E-state index contributed by atoms with van der Waals surface area (Å²) in [6, 6.07) is 9.33. The molecule has 2 aromatic rings. The third kappa shape index (κ3) is 3.20. The predicted molar refractivity (Wildman–Crippen MR) is 73.1 cm³/mol. The minimum absolute atomic E-state index is 0.219. The topological polar surface area (TPSA) is 55.1 Å². The molecule has 0 atom stereocenters.